The van der Waals surface area contributed by atoms with Crippen LogP contribution in [0.2, 0.25) is 5.02 Å². The minimum Gasteiger partial charge on any atom is -0.324 e. The van der Waals surface area contributed by atoms with Gasteiger partial charge in [0.25, 0.3) is 11.8 Å². The lowest BCUT2D eigenvalue weighted by molar-refractivity contribution is -0.116. The number of hydrogen-bond acceptors (Lipinski definition) is 6. The summed E-state index contributed by atoms with van der Waals surface area (Å²) in [5.41, 5.74) is 2.86. The SMILES string of the molecule is CCC(Sc1cccc(NC(=O)/C(=C\c2ccc(Cl)cc2)NC(=O)c2ccccc2)c1)C(=O)Nc1cccc2c1C(=O)c1ccccc1C2=O. The van der Waals surface area contributed by atoms with Crippen LogP contribution in [0, 0.1) is 0 Å². The Morgan fingerprint density at radius 1 is 0.740 bits per heavy atom. The summed E-state index contributed by atoms with van der Waals surface area (Å²) < 4.78 is 0. The standard InChI is InChI=1S/C40H30ClN3O5S/c1-2-34(40(49)43-32-17-9-16-31-35(32)37(46)30-15-7-6-14-29(30)36(31)45)50-28-13-8-12-27(23-28)42-39(48)33(22-24-18-20-26(41)21-19-24)44-38(47)25-10-4-3-5-11-25/h3-23,34H,2H2,1H3,(H,42,48)(H,43,49)(H,44,47)/b33-22+. The lowest BCUT2D eigenvalue weighted by Crippen LogP contribution is -2.30. The highest BCUT2D eigenvalue weighted by Gasteiger charge is 2.32. The molecule has 10 heteroatoms. The first-order chi connectivity index (χ1) is 24.2. The van der Waals surface area contributed by atoms with Crippen LogP contribution in [0.25, 0.3) is 6.08 Å². The molecule has 0 saturated heterocycles. The lowest BCUT2D eigenvalue weighted by atomic mass is 9.83. The van der Waals surface area contributed by atoms with E-state index in [0.717, 1.165) is 0 Å². The van der Waals surface area contributed by atoms with Crippen molar-refractivity contribution in [2.24, 2.45) is 0 Å². The molecule has 6 rings (SSSR count). The highest BCUT2D eigenvalue weighted by atomic mass is 35.5. The molecule has 0 radical (unpaired) electrons. The Morgan fingerprint density at radius 2 is 1.40 bits per heavy atom. The molecule has 0 spiro atoms. The zero-order chi connectivity index (χ0) is 35.2. The summed E-state index contributed by atoms with van der Waals surface area (Å²) in [6.07, 6.45) is 2.01. The Morgan fingerprint density at radius 3 is 2.12 bits per heavy atom. The third-order valence-corrected chi connectivity index (χ3v) is 9.56. The van der Waals surface area contributed by atoms with Gasteiger partial charge in [0, 0.05) is 37.9 Å². The fraction of sp³-hybridized carbons (Fsp3) is 0.0750. The van der Waals surface area contributed by atoms with Crippen LogP contribution >= 0.6 is 23.4 Å². The van der Waals surface area contributed by atoms with Gasteiger partial charge in [-0.2, -0.15) is 0 Å². The predicted octanol–water partition coefficient (Wildman–Crippen LogP) is 8.03. The van der Waals surface area contributed by atoms with E-state index in [1.165, 1.54) is 11.8 Å². The van der Waals surface area contributed by atoms with Crippen LogP contribution in [0.15, 0.2) is 132 Å². The molecular weight excluding hydrogens is 670 g/mol. The third-order valence-electron chi connectivity index (χ3n) is 7.95. The van der Waals surface area contributed by atoms with E-state index in [-0.39, 0.29) is 40.0 Å². The number of halogens is 1. The minimum atomic E-state index is -0.566. The summed E-state index contributed by atoms with van der Waals surface area (Å²) in [6, 6.07) is 33.9. The van der Waals surface area contributed by atoms with Gasteiger partial charge in [-0.1, -0.05) is 91.3 Å². The van der Waals surface area contributed by atoms with E-state index in [1.807, 2.05) is 13.0 Å². The number of anilines is 2. The lowest BCUT2D eigenvalue weighted by Gasteiger charge is -2.21. The van der Waals surface area contributed by atoms with Gasteiger partial charge in [0.15, 0.2) is 11.6 Å². The van der Waals surface area contributed by atoms with E-state index in [2.05, 4.69) is 16.0 Å². The van der Waals surface area contributed by atoms with Crippen LogP contribution in [0.5, 0.6) is 0 Å². The number of ketones is 2. The normalized spacial score (nSPS) is 12.7. The van der Waals surface area contributed by atoms with Crippen molar-refractivity contribution in [2.75, 3.05) is 10.6 Å². The monoisotopic (exact) mass is 699 g/mol. The molecule has 1 aliphatic rings. The van der Waals surface area contributed by atoms with Gasteiger partial charge in [-0.05, 0) is 66.6 Å². The molecule has 0 heterocycles. The largest absolute Gasteiger partial charge is 0.324 e. The maximum absolute atomic E-state index is 13.6. The van der Waals surface area contributed by atoms with E-state index in [0.29, 0.717) is 44.3 Å². The molecular formula is C40H30ClN3O5S. The number of carbonyl (C=O) groups is 5. The first-order valence-corrected chi connectivity index (χ1v) is 17.0. The first kappa shape index (κ1) is 34.1. The molecule has 0 saturated carbocycles. The van der Waals surface area contributed by atoms with Crippen LogP contribution in [0.4, 0.5) is 11.4 Å². The average molecular weight is 700 g/mol. The molecule has 5 aromatic carbocycles. The number of nitrogens with one attached hydrogen (secondary N) is 3. The third kappa shape index (κ3) is 7.59. The molecule has 0 aromatic heterocycles. The highest BCUT2D eigenvalue weighted by molar-refractivity contribution is 8.00. The molecule has 0 bridgehead atoms. The van der Waals surface area contributed by atoms with Gasteiger partial charge in [0.2, 0.25) is 5.91 Å². The van der Waals surface area contributed by atoms with Gasteiger partial charge in [-0.15, -0.1) is 11.8 Å². The number of fused-ring (bicyclic) bond motifs is 2. The summed E-state index contributed by atoms with van der Waals surface area (Å²) in [6.45, 7) is 1.87. The van der Waals surface area contributed by atoms with Crippen LogP contribution in [-0.2, 0) is 9.59 Å². The fourth-order valence-corrected chi connectivity index (χ4v) is 6.60. The molecule has 0 aliphatic heterocycles. The highest BCUT2D eigenvalue weighted by Crippen LogP contribution is 2.34. The number of rotatable bonds is 10. The minimum absolute atomic E-state index is 0.0203. The van der Waals surface area contributed by atoms with Crippen molar-refractivity contribution in [3.05, 3.63) is 165 Å². The number of carbonyl (C=O) groups excluding carboxylic acids is 5. The van der Waals surface area contributed by atoms with E-state index in [9.17, 15) is 24.0 Å². The summed E-state index contributed by atoms with van der Waals surface area (Å²) in [5.74, 6) is -1.92. The average Bonchev–Trinajstić information content (AvgIpc) is 3.13. The molecule has 248 valence electrons. The molecule has 3 amide bonds. The van der Waals surface area contributed by atoms with E-state index in [1.54, 1.807) is 121 Å². The van der Waals surface area contributed by atoms with Gasteiger partial charge in [-0.25, -0.2) is 0 Å². The van der Waals surface area contributed by atoms with Crippen molar-refractivity contribution >= 4 is 70.1 Å². The zero-order valence-electron chi connectivity index (χ0n) is 26.7. The molecule has 1 unspecified atom stereocenters. The Labute approximate surface area is 297 Å². The summed E-state index contributed by atoms with van der Waals surface area (Å²) in [7, 11) is 0. The molecule has 8 nitrogen and oxygen atoms in total. The zero-order valence-corrected chi connectivity index (χ0v) is 28.3. The van der Waals surface area contributed by atoms with Gasteiger partial charge >= 0.3 is 0 Å². The van der Waals surface area contributed by atoms with Gasteiger partial charge < -0.3 is 16.0 Å². The fourth-order valence-electron chi connectivity index (χ4n) is 5.46. The quantitative estimate of drug-likeness (QED) is 0.0983. The van der Waals surface area contributed by atoms with Crippen molar-refractivity contribution in [2.45, 2.75) is 23.5 Å². The Balaban J connectivity index is 1.18. The van der Waals surface area contributed by atoms with Crippen molar-refractivity contribution in [3.8, 4) is 0 Å². The molecule has 50 heavy (non-hydrogen) atoms. The van der Waals surface area contributed by atoms with E-state index in [4.69, 9.17) is 11.6 Å². The van der Waals surface area contributed by atoms with Crippen molar-refractivity contribution in [1.29, 1.82) is 0 Å². The van der Waals surface area contributed by atoms with Gasteiger partial charge in [0.1, 0.15) is 5.70 Å². The van der Waals surface area contributed by atoms with Crippen LogP contribution in [0.3, 0.4) is 0 Å². The summed E-state index contributed by atoms with van der Waals surface area (Å²) in [5, 5.41) is 8.42. The maximum Gasteiger partial charge on any atom is 0.272 e. The molecule has 5 aromatic rings. The van der Waals surface area contributed by atoms with Crippen LogP contribution in [0.1, 0.15) is 61.1 Å². The van der Waals surface area contributed by atoms with Gasteiger partial charge in [-0.3, -0.25) is 24.0 Å². The summed E-state index contributed by atoms with van der Waals surface area (Å²) in [4.78, 5) is 67.4. The van der Waals surface area contributed by atoms with Crippen molar-refractivity contribution in [1.82, 2.24) is 5.32 Å². The van der Waals surface area contributed by atoms with E-state index >= 15 is 0 Å². The van der Waals surface area contributed by atoms with Crippen molar-refractivity contribution in [3.63, 3.8) is 0 Å². The Hall–Kier alpha value is -5.77. The number of hydrogen-bond donors (Lipinski definition) is 3. The molecule has 1 atom stereocenters. The Bertz CT molecular complexity index is 2170. The Kier molecular flexibility index (Phi) is 10.4. The first-order valence-electron chi connectivity index (χ1n) is 15.8. The number of amides is 3. The van der Waals surface area contributed by atoms with Crippen LogP contribution in [-0.4, -0.2) is 34.5 Å². The number of thioether (sulfide) groups is 1. The van der Waals surface area contributed by atoms with Crippen molar-refractivity contribution < 1.29 is 24.0 Å². The van der Waals surface area contributed by atoms with Gasteiger partial charge in [0.05, 0.1) is 16.5 Å². The second-order valence-corrected chi connectivity index (χ2v) is 13.1. The topological polar surface area (TPSA) is 121 Å². The maximum atomic E-state index is 13.6. The predicted molar refractivity (Wildman–Crippen MR) is 197 cm³/mol. The number of benzene rings is 5. The summed E-state index contributed by atoms with van der Waals surface area (Å²) >= 11 is 7.33. The molecule has 0 fully saturated rings. The molecule has 3 N–H and O–H groups in total. The molecule has 1 aliphatic carbocycles. The van der Waals surface area contributed by atoms with E-state index < -0.39 is 17.1 Å². The van der Waals surface area contributed by atoms with Crippen LogP contribution < -0.4 is 16.0 Å². The second kappa shape index (κ2) is 15.2. The smallest absolute Gasteiger partial charge is 0.272 e. The second-order valence-electron chi connectivity index (χ2n) is 11.3.